The van der Waals surface area contributed by atoms with E-state index in [2.05, 4.69) is 225 Å². The molecular weight excluding hydrogens is 671 g/mol. The zero-order chi connectivity index (χ0) is 36.6. The van der Waals surface area contributed by atoms with Crippen LogP contribution >= 0.6 is 0 Å². The highest BCUT2D eigenvalue weighted by Gasteiger charge is 2.28. The first-order chi connectivity index (χ1) is 27.1. The van der Waals surface area contributed by atoms with Gasteiger partial charge in [0.25, 0.3) is 5.82 Å². The minimum absolute atomic E-state index is 1.13. The van der Waals surface area contributed by atoms with Gasteiger partial charge in [0.2, 0.25) is 0 Å². The molecule has 0 atom stereocenters. The Morgan fingerprint density at radius 2 is 0.836 bits per heavy atom. The molecule has 0 saturated heterocycles. The van der Waals surface area contributed by atoms with Gasteiger partial charge in [-0.1, -0.05) is 84.9 Å². The summed E-state index contributed by atoms with van der Waals surface area (Å²) >= 11 is 0. The van der Waals surface area contributed by atoms with Crippen LogP contribution in [0.5, 0.6) is 0 Å². The van der Waals surface area contributed by atoms with E-state index in [9.17, 15) is 0 Å². The number of fused-ring (bicyclic) bond motifs is 8. The monoisotopic (exact) mass is 707 g/mol. The second-order valence-corrected chi connectivity index (χ2v) is 14.5. The number of nitrogens with zero attached hydrogens (tertiary/aromatic N) is 5. The first-order valence-electron chi connectivity index (χ1n) is 18.8. The third-order valence-corrected chi connectivity index (χ3v) is 11.3. The van der Waals surface area contributed by atoms with E-state index in [1.807, 2.05) is 0 Å². The summed E-state index contributed by atoms with van der Waals surface area (Å²) in [5.41, 5.74) is 14.1. The second-order valence-electron chi connectivity index (χ2n) is 14.5. The van der Waals surface area contributed by atoms with Crippen molar-refractivity contribution in [2.24, 2.45) is 14.1 Å². The summed E-state index contributed by atoms with van der Waals surface area (Å²) in [6.45, 7) is 0. The molecule has 55 heavy (non-hydrogen) atoms. The molecule has 11 aromatic rings. The molecule has 0 aliphatic rings. The maximum absolute atomic E-state index is 2.47. The van der Waals surface area contributed by atoms with E-state index in [0.29, 0.717) is 0 Å². The molecule has 0 unspecified atom stereocenters. The van der Waals surface area contributed by atoms with Gasteiger partial charge in [0.1, 0.15) is 12.7 Å². The van der Waals surface area contributed by atoms with Gasteiger partial charge in [-0.3, -0.25) is 0 Å². The number of rotatable bonds is 5. The first kappa shape index (κ1) is 31.3. The Balaban J connectivity index is 1.27. The van der Waals surface area contributed by atoms with Crippen molar-refractivity contribution in [3.05, 3.63) is 188 Å². The Bertz CT molecular complexity index is 3240. The largest absolute Gasteiger partial charge is 0.307 e. The highest BCUT2D eigenvalue weighted by Crippen LogP contribution is 2.43. The van der Waals surface area contributed by atoms with Gasteiger partial charge in [-0.15, -0.1) is 0 Å². The van der Waals surface area contributed by atoms with Crippen molar-refractivity contribution in [2.45, 2.75) is 0 Å². The summed E-state index contributed by atoms with van der Waals surface area (Å²) in [5, 5.41) is 4.89. The van der Waals surface area contributed by atoms with Crippen LogP contribution in [0.4, 0.5) is 0 Å². The average molecular weight is 708 g/mol. The molecule has 7 aromatic carbocycles. The van der Waals surface area contributed by atoms with Crippen LogP contribution in [0, 0.1) is 0 Å². The fraction of sp³-hybridized carbons (Fsp3) is 0.0400. The van der Waals surface area contributed by atoms with Crippen LogP contribution < -0.4 is 9.13 Å². The van der Waals surface area contributed by atoms with Crippen molar-refractivity contribution < 1.29 is 9.13 Å². The number of aromatic nitrogens is 5. The van der Waals surface area contributed by atoms with Gasteiger partial charge in [0.05, 0.1) is 34.7 Å². The van der Waals surface area contributed by atoms with Crippen molar-refractivity contribution >= 4 is 54.6 Å². The standard InChI is InChI=1S/C50H37N5/c1-51-30-28-34(29-31-51)35-22-26-44-42(32-35)40-24-25-41-43-33-36(50-52(2)46-20-12-13-21-47(46)55(50)39-18-10-5-11-19-39)23-27-45(43)54(38-16-8-4-9-17-38)49(41)48(40)53(44)37-14-6-3-7-15-37/h3-33H,1-2H3/q+2. The molecule has 4 heterocycles. The molecule has 4 aromatic heterocycles. The number of hydrogen-bond acceptors (Lipinski definition) is 0. The summed E-state index contributed by atoms with van der Waals surface area (Å²) in [6, 6.07) is 64.0. The molecule has 0 fully saturated rings. The molecule has 0 spiro atoms. The Labute approximate surface area is 318 Å². The van der Waals surface area contributed by atoms with Crippen LogP contribution in [0.15, 0.2) is 188 Å². The van der Waals surface area contributed by atoms with Gasteiger partial charge in [0.15, 0.2) is 23.4 Å². The minimum atomic E-state index is 1.13. The molecule has 5 nitrogen and oxygen atoms in total. The fourth-order valence-electron chi connectivity index (χ4n) is 8.78. The molecule has 0 amide bonds. The predicted molar refractivity (Wildman–Crippen MR) is 225 cm³/mol. The number of benzene rings is 7. The van der Waals surface area contributed by atoms with Gasteiger partial charge in [-0.25, -0.2) is 9.13 Å². The number of aryl methyl sites for hydroxylation is 2. The smallest absolute Gasteiger partial charge is 0.294 e. The van der Waals surface area contributed by atoms with Crippen LogP contribution in [-0.2, 0) is 14.1 Å². The topological polar surface area (TPSA) is 22.5 Å². The molecule has 260 valence electrons. The number of hydrogen-bond donors (Lipinski definition) is 0. The lowest BCUT2D eigenvalue weighted by Gasteiger charge is -2.12. The normalized spacial score (nSPS) is 11.8. The maximum Gasteiger partial charge on any atom is 0.294 e. The number of imidazole rings is 1. The van der Waals surface area contributed by atoms with Gasteiger partial charge in [-0.2, -0.15) is 4.57 Å². The van der Waals surface area contributed by atoms with E-state index in [1.165, 1.54) is 65.8 Å². The zero-order valence-electron chi connectivity index (χ0n) is 30.6. The van der Waals surface area contributed by atoms with Crippen molar-refractivity contribution in [2.75, 3.05) is 0 Å². The summed E-state index contributed by atoms with van der Waals surface area (Å²) in [4.78, 5) is 0. The molecule has 0 bridgehead atoms. The quantitative estimate of drug-likeness (QED) is 0.159. The third-order valence-electron chi connectivity index (χ3n) is 11.3. The number of para-hydroxylation sites is 5. The van der Waals surface area contributed by atoms with Crippen LogP contribution in [0.25, 0.3) is 94.2 Å². The Morgan fingerprint density at radius 1 is 0.364 bits per heavy atom. The molecule has 0 aliphatic heterocycles. The lowest BCUT2D eigenvalue weighted by Crippen LogP contribution is -2.30. The van der Waals surface area contributed by atoms with Gasteiger partial charge in [0, 0.05) is 45.1 Å². The summed E-state index contributed by atoms with van der Waals surface area (Å²) < 4.78 is 11.7. The Hall–Kier alpha value is -7.24. The van der Waals surface area contributed by atoms with Crippen LogP contribution in [-0.4, -0.2) is 13.7 Å². The van der Waals surface area contributed by atoms with E-state index >= 15 is 0 Å². The van der Waals surface area contributed by atoms with Crippen molar-refractivity contribution in [3.63, 3.8) is 0 Å². The van der Waals surface area contributed by atoms with E-state index < -0.39 is 0 Å². The first-order valence-corrected chi connectivity index (χ1v) is 18.8. The fourth-order valence-corrected chi connectivity index (χ4v) is 8.78. The van der Waals surface area contributed by atoms with E-state index in [-0.39, 0.29) is 0 Å². The van der Waals surface area contributed by atoms with E-state index in [0.717, 1.165) is 28.5 Å². The van der Waals surface area contributed by atoms with Crippen molar-refractivity contribution in [3.8, 4) is 39.6 Å². The van der Waals surface area contributed by atoms with E-state index in [1.54, 1.807) is 0 Å². The molecular formula is C50H37N5+2. The van der Waals surface area contributed by atoms with Gasteiger partial charge >= 0.3 is 0 Å². The third kappa shape index (κ3) is 4.73. The van der Waals surface area contributed by atoms with E-state index in [4.69, 9.17) is 0 Å². The molecule has 0 aliphatic carbocycles. The number of pyridine rings is 1. The molecule has 5 heteroatoms. The lowest BCUT2D eigenvalue weighted by atomic mass is 10.0. The Morgan fingerprint density at radius 3 is 1.40 bits per heavy atom. The van der Waals surface area contributed by atoms with Crippen molar-refractivity contribution in [1.29, 1.82) is 0 Å². The molecule has 0 N–H and O–H groups in total. The summed E-state index contributed by atoms with van der Waals surface area (Å²) in [7, 11) is 4.24. The SMILES string of the molecule is C[n+]1ccc(-c2ccc3c(c2)c2ccc4c5cc(-c6n(-c7ccccc7)c7ccccc7[n+]6C)ccc5n(-c5ccccc5)c4c2n3-c2ccccc2)cc1. The van der Waals surface area contributed by atoms with Crippen molar-refractivity contribution in [1.82, 2.24) is 13.7 Å². The highest BCUT2D eigenvalue weighted by atomic mass is 15.2. The second kappa shape index (κ2) is 12.2. The molecule has 0 radical (unpaired) electrons. The predicted octanol–water partition coefficient (Wildman–Crippen LogP) is 10.8. The summed E-state index contributed by atoms with van der Waals surface area (Å²) in [5.74, 6) is 1.14. The molecule has 0 saturated carbocycles. The lowest BCUT2D eigenvalue weighted by molar-refractivity contribution is -0.671. The van der Waals surface area contributed by atoms with Gasteiger partial charge < -0.3 is 9.13 Å². The van der Waals surface area contributed by atoms with Crippen LogP contribution in [0.1, 0.15) is 0 Å². The van der Waals surface area contributed by atoms with Crippen LogP contribution in [0.2, 0.25) is 0 Å². The van der Waals surface area contributed by atoms with Gasteiger partial charge in [-0.05, 0) is 90.0 Å². The average Bonchev–Trinajstić information content (AvgIpc) is 3.86. The highest BCUT2D eigenvalue weighted by molar-refractivity contribution is 6.24. The van der Waals surface area contributed by atoms with Crippen LogP contribution in [0.3, 0.4) is 0 Å². The minimum Gasteiger partial charge on any atom is -0.307 e. The zero-order valence-corrected chi connectivity index (χ0v) is 30.6. The molecule has 11 rings (SSSR count). The maximum atomic E-state index is 2.47. The summed E-state index contributed by atoms with van der Waals surface area (Å²) in [6.07, 6.45) is 4.23. The Kier molecular flexibility index (Phi) is 6.92.